The minimum absolute atomic E-state index is 0.527. The Bertz CT molecular complexity index is 616. The summed E-state index contributed by atoms with van der Waals surface area (Å²) in [5, 5.41) is 10.5. The predicted molar refractivity (Wildman–Crippen MR) is 54.3 cm³/mol. The second kappa shape index (κ2) is 3.22. The summed E-state index contributed by atoms with van der Waals surface area (Å²) in [6.07, 6.45) is 0. The van der Waals surface area contributed by atoms with Crippen molar-refractivity contribution in [2.45, 2.75) is 4.90 Å². The maximum atomic E-state index is 10.9. The molecular weight excluding hydrogens is 216 g/mol. The summed E-state index contributed by atoms with van der Waals surface area (Å²) in [6.45, 7) is 0. The first-order valence-electron chi connectivity index (χ1n) is 4.10. The van der Waals surface area contributed by atoms with Crippen LogP contribution in [0.3, 0.4) is 0 Å². The lowest BCUT2D eigenvalue weighted by Crippen LogP contribution is -1.98. The van der Waals surface area contributed by atoms with Gasteiger partial charge < -0.3 is 5.11 Å². The zero-order chi connectivity index (χ0) is 11.1. The fourth-order valence-electron chi connectivity index (χ4n) is 1.33. The van der Waals surface area contributed by atoms with Crippen LogP contribution in [-0.4, -0.2) is 18.1 Å². The van der Waals surface area contributed by atoms with Gasteiger partial charge in [-0.1, -0.05) is 24.3 Å². The van der Waals surface area contributed by atoms with E-state index in [1.54, 1.807) is 24.3 Å². The van der Waals surface area contributed by atoms with Crippen LogP contribution >= 0.6 is 0 Å². The van der Waals surface area contributed by atoms with Crippen molar-refractivity contribution in [1.29, 1.82) is 0 Å². The third-order valence-electron chi connectivity index (χ3n) is 2.01. The fraction of sp³-hybridized carbons (Fsp3) is 0. The number of fused-ring (bicyclic) bond motifs is 1. The first kappa shape index (κ1) is 9.95. The van der Waals surface area contributed by atoms with Crippen LogP contribution in [0.1, 0.15) is 0 Å². The van der Waals surface area contributed by atoms with E-state index in [9.17, 15) is 13.5 Å². The SMILES string of the molecule is O=S(=O)(O)c1cc2ccccc2[c]c1O. The average Bonchev–Trinajstić information content (AvgIpc) is 2.15. The predicted octanol–water partition coefficient (Wildman–Crippen LogP) is 1.59. The van der Waals surface area contributed by atoms with Crippen molar-refractivity contribution >= 4 is 20.9 Å². The van der Waals surface area contributed by atoms with Gasteiger partial charge in [-0.2, -0.15) is 8.42 Å². The Morgan fingerprint density at radius 2 is 1.87 bits per heavy atom. The second-order valence-electron chi connectivity index (χ2n) is 3.04. The van der Waals surface area contributed by atoms with Crippen molar-refractivity contribution in [2.24, 2.45) is 0 Å². The highest BCUT2D eigenvalue weighted by molar-refractivity contribution is 7.86. The minimum atomic E-state index is -4.41. The summed E-state index contributed by atoms with van der Waals surface area (Å²) in [5.41, 5.74) is 0. The summed E-state index contributed by atoms with van der Waals surface area (Å²) in [4.78, 5) is -0.527. The number of rotatable bonds is 1. The molecule has 0 aromatic heterocycles. The molecule has 0 aliphatic rings. The van der Waals surface area contributed by atoms with E-state index in [1.807, 2.05) is 0 Å². The number of benzene rings is 2. The van der Waals surface area contributed by atoms with Crippen LogP contribution in [0.25, 0.3) is 10.8 Å². The molecule has 2 N–H and O–H groups in total. The smallest absolute Gasteiger partial charge is 0.298 e. The average molecular weight is 223 g/mol. The molecule has 0 saturated heterocycles. The molecule has 0 fully saturated rings. The van der Waals surface area contributed by atoms with Crippen LogP contribution in [0.2, 0.25) is 0 Å². The second-order valence-corrected chi connectivity index (χ2v) is 4.43. The summed E-state index contributed by atoms with van der Waals surface area (Å²) in [7, 11) is -4.41. The topological polar surface area (TPSA) is 74.6 Å². The first-order chi connectivity index (χ1) is 6.98. The Labute approximate surface area is 86.5 Å². The Kier molecular flexibility index (Phi) is 2.13. The van der Waals surface area contributed by atoms with Gasteiger partial charge in [-0.15, -0.1) is 0 Å². The number of hydrogen-bond donors (Lipinski definition) is 2. The van der Waals surface area contributed by atoms with Crippen LogP contribution in [0.5, 0.6) is 5.75 Å². The van der Waals surface area contributed by atoms with Crippen molar-refractivity contribution in [1.82, 2.24) is 0 Å². The lowest BCUT2D eigenvalue weighted by atomic mass is 10.1. The molecule has 0 aliphatic carbocycles. The molecule has 0 amide bonds. The number of aromatic hydroxyl groups is 1. The van der Waals surface area contributed by atoms with E-state index in [0.717, 1.165) is 0 Å². The molecule has 0 bridgehead atoms. The van der Waals surface area contributed by atoms with Gasteiger partial charge in [0.05, 0.1) is 0 Å². The van der Waals surface area contributed by atoms with Gasteiger partial charge in [0.15, 0.2) is 0 Å². The quantitative estimate of drug-likeness (QED) is 0.720. The molecule has 77 valence electrons. The molecule has 2 rings (SSSR count). The standard InChI is InChI=1S/C10H7O4S/c11-9-5-7-3-1-2-4-8(7)6-10(9)15(12,13)14/h1-4,6,11H,(H,12,13,14). The molecule has 0 saturated carbocycles. The number of phenolic OH excluding ortho intramolecular Hbond substituents is 1. The van der Waals surface area contributed by atoms with Crippen molar-refractivity contribution in [2.75, 3.05) is 0 Å². The summed E-state index contributed by atoms with van der Waals surface area (Å²) >= 11 is 0. The summed E-state index contributed by atoms with van der Waals surface area (Å²) in [5.74, 6) is -0.573. The van der Waals surface area contributed by atoms with E-state index in [0.29, 0.717) is 10.8 Å². The Balaban J connectivity index is 2.84. The molecule has 0 aliphatic heterocycles. The minimum Gasteiger partial charge on any atom is -0.506 e. The van der Waals surface area contributed by atoms with Crippen molar-refractivity contribution in [3.8, 4) is 5.75 Å². The lowest BCUT2D eigenvalue weighted by Gasteiger charge is -2.03. The van der Waals surface area contributed by atoms with Gasteiger partial charge in [0.1, 0.15) is 10.6 Å². The van der Waals surface area contributed by atoms with Crippen LogP contribution < -0.4 is 0 Å². The molecule has 0 spiro atoms. The van der Waals surface area contributed by atoms with Crippen LogP contribution in [-0.2, 0) is 10.1 Å². The van der Waals surface area contributed by atoms with Gasteiger partial charge in [-0.05, 0) is 16.8 Å². The monoisotopic (exact) mass is 223 g/mol. The lowest BCUT2D eigenvalue weighted by molar-refractivity contribution is 0.443. The Hall–Kier alpha value is -1.59. The van der Waals surface area contributed by atoms with Crippen LogP contribution in [0.15, 0.2) is 35.2 Å². The number of hydrogen-bond acceptors (Lipinski definition) is 3. The zero-order valence-electron chi connectivity index (χ0n) is 7.51. The van der Waals surface area contributed by atoms with E-state index >= 15 is 0 Å². The van der Waals surface area contributed by atoms with E-state index in [4.69, 9.17) is 4.55 Å². The maximum Gasteiger partial charge on any atom is 0.298 e. The van der Waals surface area contributed by atoms with Gasteiger partial charge in [-0.3, -0.25) is 4.55 Å². The van der Waals surface area contributed by atoms with Crippen LogP contribution in [0, 0.1) is 6.07 Å². The fourth-order valence-corrected chi connectivity index (χ4v) is 1.90. The summed E-state index contributed by atoms with van der Waals surface area (Å²) < 4.78 is 30.6. The highest BCUT2D eigenvalue weighted by Gasteiger charge is 2.16. The molecule has 2 aromatic rings. The van der Waals surface area contributed by atoms with Crippen LogP contribution in [0.4, 0.5) is 0 Å². The zero-order valence-corrected chi connectivity index (χ0v) is 8.32. The van der Waals surface area contributed by atoms with Gasteiger partial charge in [-0.25, -0.2) is 0 Å². The van der Waals surface area contributed by atoms with Gasteiger partial charge >= 0.3 is 0 Å². The molecule has 0 atom stereocenters. The molecule has 2 aromatic carbocycles. The first-order valence-corrected chi connectivity index (χ1v) is 5.54. The molecule has 15 heavy (non-hydrogen) atoms. The summed E-state index contributed by atoms with van der Waals surface area (Å²) in [6, 6.07) is 10.5. The van der Waals surface area contributed by atoms with Gasteiger partial charge in [0, 0.05) is 6.07 Å². The van der Waals surface area contributed by atoms with Gasteiger partial charge in [0.2, 0.25) is 0 Å². The van der Waals surface area contributed by atoms with Gasteiger partial charge in [0.25, 0.3) is 10.1 Å². The molecule has 5 heteroatoms. The third-order valence-corrected chi connectivity index (χ3v) is 2.88. The van der Waals surface area contributed by atoms with Crippen molar-refractivity contribution in [3.63, 3.8) is 0 Å². The highest BCUT2D eigenvalue weighted by Crippen LogP contribution is 2.27. The van der Waals surface area contributed by atoms with Crippen molar-refractivity contribution in [3.05, 3.63) is 36.4 Å². The van der Waals surface area contributed by atoms with E-state index in [-0.39, 0.29) is 0 Å². The molecule has 4 nitrogen and oxygen atoms in total. The molecule has 0 unspecified atom stereocenters. The molecule has 0 heterocycles. The largest absolute Gasteiger partial charge is 0.506 e. The number of phenols is 1. The normalized spacial score (nSPS) is 11.8. The molecular formula is C10H7O4S. The third kappa shape index (κ3) is 1.79. The Morgan fingerprint density at radius 3 is 2.53 bits per heavy atom. The van der Waals surface area contributed by atoms with E-state index in [1.165, 1.54) is 6.07 Å². The van der Waals surface area contributed by atoms with Crippen molar-refractivity contribution < 1.29 is 18.1 Å². The Morgan fingerprint density at radius 1 is 1.20 bits per heavy atom. The van der Waals surface area contributed by atoms with E-state index < -0.39 is 20.8 Å². The molecule has 1 radical (unpaired) electrons. The highest BCUT2D eigenvalue weighted by atomic mass is 32.2. The van der Waals surface area contributed by atoms with E-state index in [2.05, 4.69) is 6.07 Å². The maximum absolute atomic E-state index is 10.9.